The topological polar surface area (TPSA) is 85.8 Å². The molecular formula is C17H19N5O2S. The number of nitrogens with zero attached hydrogens (tertiary/aromatic N) is 4. The molecule has 0 saturated heterocycles. The lowest BCUT2D eigenvalue weighted by Gasteiger charge is -2.13. The zero-order chi connectivity index (χ0) is 18.0. The summed E-state index contributed by atoms with van der Waals surface area (Å²) in [6, 6.07) is 9.68. The van der Waals surface area contributed by atoms with Gasteiger partial charge in [0, 0.05) is 6.07 Å². The standard InChI is InChI=1S/C17H19N5O2S/c1-10-7-5-6-8-14(10)22-13(4)19-20-17(22)25-12(3)16(23)18-15-9-11(2)24-21-15/h5-9,12H,1-4H3,(H,18,21,23). The molecule has 0 radical (unpaired) electrons. The average Bonchev–Trinajstić information content (AvgIpc) is 3.14. The number of carbonyl (C=O) groups excluding carboxylic acids is 1. The minimum absolute atomic E-state index is 0.171. The number of aromatic nitrogens is 4. The number of thioether (sulfide) groups is 1. The van der Waals surface area contributed by atoms with E-state index in [-0.39, 0.29) is 11.2 Å². The van der Waals surface area contributed by atoms with Crippen LogP contribution in [0.2, 0.25) is 0 Å². The van der Waals surface area contributed by atoms with Crippen molar-refractivity contribution < 1.29 is 9.32 Å². The molecule has 0 aliphatic heterocycles. The number of rotatable bonds is 5. The summed E-state index contributed by atoms with van der Waals surface area (Å²) in [6.45, 7) is 7.52. The van der Waals surface area contributed by atoms with Gasteiger partial charge in [0.25, 0.3) is 0 Å². The molecule has 7 nitrogen and oxygen atoms in total. The molecule has 0 saturated carbocycles. The number of nitrogens with one attached hydrogen (secondary N) is 1. The molecule has 2 heterocycles. The van der Waals surface area contributed by atoms with Gasteiger partial charge < -0.3 is 9.84 Å². The van der Waals surface area contributed by atoms with Crippen LogP contribution in [-0.2, 0) is 4.79 Å². The van der Waals surface area contributed by atoms with E-state index in [0.717, 1.165) is 17.1 Å². The van der Waals surface area contributed by atoms with Crippen LogP contribution in [0.15, 0.2) is 40.0 Å². The van der Waals surface area contributed by atoms with Gasteiger partial charge in [0.15, 0.2) is 11.0 Å². The predicted molar refractivity (Wildman–Crippen MR) is 96.0 cm³/mol. The minimum atomic E-state index is -0.372. The van der Waals surface area contributed by atoms with Crippen LogP contribution in [0.1, 0.15) is 24.1 Å². The van der Waals surface area contributed by atoms with Crippen molar-refractivity contribution in [3.63, 3.8) is 0 Å². The summed E-state index contributed by atoms with van der Waals surface area (Å²) in [4.78, 5) is 12.4. The molecule has 3 aromatic rings. The number of amides is 1. The highest BCUT2D eigenvalue weighted by Crippen LogP contribution is 2.27. The van der Waals surface area contributed by atoms with Gasteiger partial charge in [0.2, 0.25) is 5.91 Å². The van der Waals surface area contributed by atoms with Crippen molar-refractivity contribution >= 4 is 23.5 Å². The van der Waals surface area contributed by atoms with Gasteiger partial charge in [-0.15, -0.1) is 10.2 Å². The first-order valence-corrected chi connectivity index (χ1v) is 8.72. The van der Waals surface area contributed by atoms with Gasteiger partial charge >= 0.3 is 0 Å². The van der Waals surface area contributed by atoms with Crippen molar-refractivity contribution in [2.24, 2.45) is 0 Å². The maximum absolute atomic E-state index is 12.4. The lowest BCUT2D eigenvalue weighted by Crippen LogP contribution is -2.23. The molecule has 3 rings (SSSR count). The Morgan fingerprint density at radius 2 is 2.00 bits per heavy atom. The van der Waals surface area contributed by atoms with Crippen molar-refractivity contribution in [3.8, 4) is 5.69 Å². The number of hydrogen-bond donors (Lipinski definition) is 1. The van der Waals surface area contributed by atoms with Crippen molar-refractivity contribution in [2.45, 2.75) is 38.1 Å². The maximum Gasteiger partial charge on any atom is 0.238 e. The number of anilines is 1. The lowest BCUT2D eigenvalue weighted by atomic mass is 10.2. The van der Waals surface area contributed by atoms with E-state index in [1.165, 1.54) is 11.8 Å². The highest BCUT2D eigenvalue weighted by atomic mass is 32.2. The van der Waals surface area contributed by atoms with Crippen LogP contribution >= 0.6 is 11.8 Å². The van der Waals surface area contributed by atoms with E-state index in [2.05, 4.69) is 20.7 Å². The zero-order valence-electron chi connectivity index (χ0n) is 14.5. The van der Waals surface area contributed by atoms with Crippen LogP contribution in [0.3, 0.4) is 0 Å². The average molecular weight is 357 g/mol. The fourth-order valence-corrected chi connectivity index (χ4v) is 3.28. The summed E-state index contributed by atoms with van der Waals surface area (Å²) < 4.78 is 6.92. The number of benzene rings is 1. The van der Waals surface area contributed by atoms with Gasteiger partial charge in [0.05, 0.1) is 10.9 Å². The SMILES string of the molecule is Cc1cc(NC(=O)C(C)Sc2nnc(C)n2-c2ccccc2C)no1. The van der Waals surface area contributed by atoms with E-state index in [0.29, 0.717) is 16.7 Å². The van der Waals surface area contributed by atoms with E-state index in [4.69, 9.17) is 4.52 Å². The summed E-state index contributed by atoms with van der Waals surface area (Å²) in [7, 11) is 0. The molecule has 1 amide bonds. The Morgan fingerprint density at radius 1 is 1.24 bits per heavy atom. The Labute approximate surface area is 149 Å². The zero-order valence-corrected chi connectivity index (χ0v) is 15.3. The molecule has 8 heteroatoms. The quantitative estimate of drug-likeness (QED) is 0.705. The first kappa shape index (κ1) is 17.2. The van der Waals surface area contributed by atoms with Gasteiger partial charge in [-0.1, -0.05) is 35.1 Å². The van der Waals surface area contributed by atoms with Crippen LogP contribution in [0.25, 0.3) is 5.69 Å². The van der Waals surface area contributed by atoms with E-state index < -0.39 is 0 Å². The summed E-state index contributed by atoms with van der Waals surface area (Å²) in [6.07, 6.45) is 0. The number of aryl methyl sites for hydroxylation is 3. The first-order valence-electron chi connectivity index (χ1n) is 7.84. The molecule has 0 aliphatic carbocycles. The molecule has 0 bridgehead atoms. The normalized spacial score (nSPS) is 12.2. The van der Waals surface area contributed by atoms with Crippen LogP contribution in [-0.4, -0.2) is 31.1 Å². The second-order valence-corrected chi connectivity index (χ2v) is 7.03. The molecule has 25 heavy (non-hydrogen) atoms. The fraction of sp³-hybridized carbons (Fsp3) is 0.294. The lowest BCUT2D eigenvalue weighted by molar-refractivity contribution is -0.115. The monoisotopic (exact) mass is 357 g/mol. The number of carbonyl (C=O) groups is 1. The highest BCUT2D eigenvalue weighted by Gasteiger charge is 2.21. The van der Waals surface area contributed by atoms with E-state index in [1.807, 2.05) is 49.6 Å². The van der Waals surface area contributed by atoms with E-state index in [1.54, 1.807) is 13.0 Å². The Hall–Kier alpha value is -2.61. The van der Waals surface area contributed by atoms with Crippen molar-refractivity contribution in [3.05, 3.63) is 47.5 Å². The molecule has 130 valence electrons. The van der Waals surface area contributed by atoms with Crippen LogP contribution < -0.4 is 5.32 Å². The smallest absolute Gasteiger partial charge is 0.238 e. The molecule has 1 aromatic carbocycles. The summed E-state index contributed by atoms with van der Waals surface area (Å²) >= 11 is 1.35. The molecule has 1 N–H and O–H groups in total. The van der Waals surface area contributed by atoms with Crippen molar-refractivity contribution in [2.75, 3.05) is 5.32 Å². The highest BCUT2D eigenvalue weighted by molar-refractivity contribution is 8.00. The summed E-state index contributed by atoms with van der Waals surface area (Å²) in [5.41, 5.74) is 2.12. The van der Waals surface area contributed by atoms with Crippen LogP contribution in [0.5, 0.6) is 0 Å². The van der Waals surface area contributed by atoms with Gasteiger partial charge in [-0.05, 0) is 39.3 Å². The Balaban J connectivity index is 1.79. The summed E-state index contributed by atoms with van der Waals surface area (Å²) in [5.74, 6) is 1.66. The second-order valence-electron chi connectivity index (χ2n) is 5.72. The molecule has 0 fully saturated rings. The number of hydrogen-bond acceptors (Lipinski definition) is 6. The van der Waals surface area contributed by atoms with Crippen LogP contribution in [0, 0.1) is 20.8 Å². The van der Waals surface area contributed by atoms with Gasteiger partial charge in [-0.2, -0.15) is 0 Å². The van der Waals surface area contributed by atoms with Crippen molar-refractivity contribution in [1.82, 2.24) is 19.9 Å². The number of para-hydroxylation sites is 1. The third-order valence-corrected chi connectivity index (χ3v) is 4.72. The Kier molecular flexibility index (Phi) is 4.89. The summed E-state index contributed by atoms with van der Waals surface area (Å²) in [5, 5.41) is 15.2. The van der Waals surface area contributed by atoms with Gasteiger partial charge in [-0.25, -0.2) is 0 Å². The molecule has 0 spiro atoms. The van der Waals surface area contributed by atoms with Gasteiger partial charge in [0.1, 0.15) is 11.6 Å². The third kappa shape index (κ3) is 3.74. The van der Waals surface area contributed by atoms with E-state index in [9.17, 15) is 4.79 Å². The molecular weight excluding hydrogens is 338 g/mol. The first-order chi connectivity index (χ1) is 12.0. The Bertz CT molecular complexity index is 902. The predicted octanol–water partition coefficient (Wildman–Crippen LogP) is 3.30. The van der Waals surface area contributed by atoms with E-state index >= 15 is 0 Å². The largest absolute Gasteiger partial charge is 0.360 e. The minimum Gasteiger partial charge on any atom is -0.360 e. The molecule has 2 aromatic heterocycles. The van der Waals surface area contributed by atoms with Crippen molar-refractivity contribution in [1.29, 1.82) is 0 Å². The second kappa shape index (κ2) is 7.10. The Morgan fingerprint density at radius 3 is 2.68 bits per heavy atom. The van der Waals surface area contributed by atoms with Gasteiger partial charge in [-0.3, -0.25) is 9.36 Å². The molecule has 1 unspecified atom stereocenters. The molecule has 0 aliphatic rings. The maximum atomic E-state index is 12.4. The van der Waals surface area contributed by atoms with Crippen LogP contribution in [0.4, 0.5) is 5.82 Å². The fourth-order valence-electron chi connectivity index (χ4n) is 2.38. The molecule has 1 atom stereocenters. The third-order valence-electron chi connectivity index (χ3n) is 3.68.